The summed E-state index contributed by atoms with van der Waals surface area (Å²) in [6, 6.07) is 16.1. The Labute approximate surface area is 166 Å². The lowest BCUT2D eigenvalue weighted by molar-refractivity contribution is 0.0947. The van der Waals surface area contributed by atoms with Gasteiger partial charge in [0.1, 0.15) is 5.75 Å². The van der Waals surface area contributed by atoms with Gasteiger partial charge in [-0.2, -0.15) is 5.10 Å². The van der Waals surface area contributed by atoms with E-state index in [0.29, 0.717) is 12.2 Å². The van der Waals surface area contributed by atoms with Crippen molar-refractivity contribution in [3.63, 3.8) is 0 Å². The van der Waals surface area contributed by atoms with Crippen molar-refractivity contribution in [2.24, 2.45) is 7.05 Å². The van der Waals surface area contributed by atoms with Crippen LogP contribution in [0.3, 0.4) is 0 Å². The smallest absolute Gasteiger partial charge is 0.271 e. The summed E-state index contributed by atoms with van der Waals surface area (Å²) in [5.41, 5.74) is 6.15. The highest BCUT2D eigenvalue weighted by Gasteiger charge is 2.14. The Kier molecular flexibility index (Phi) is 6.14. The number of carbonyl (C=O) groups is 1. The van der Waals surface area contributed by atoms with E-state index in [9.17, 15) is 4.79 Å². The van der Waals surface area contributed by atoms with E-state index in [1.54, 1.807) is 11.8 Å². The second-order valence-corrected chi connectivity index (χ2v) is 7.04. The fourth-order valence-electron chi connectivity index (χ4n) is 3.13. The predicted octanol–water partition coefficient (Wildman–Crippen LogP) is 4.08. The Morgan fingerprint density at radius 2 is 1.82 bits per heavy atom. The molecule has 1 aromatic heterocycles. The van der Waals surface area contributed by atoms with E-state index in [0.717, 1.165) is 29.8 Å². The lowest BCUT2D eigenvalue weighted by Crippen LogP contribution is -2.25. The molecule has 0 saturated carbocycles. The van der Waals surface area contributed by atoms with Crippen molar-refractivity contribution in [1.82, 2.24) is 15.1 Å². The van der Waals surface area contributed by atoms with E-state index in [1.807, 2.05) is 25.2 Å². The molecule has 28 heavy (non-hydrogen) atoms. The molecular weight excluding hydrogens is 350 g/mol. The molecule has 1 heterocycles. The zero-order valence-corrected chi connectivity index (χ0v) is 17.0. The first-order valence-electron chi connectivity index (χ1n) is 9.50. The zero-order chi connectivity index (χ0) is 20.1. The van der Waals surface area contributed by atoms with Crippen molar-refractivity contribution in [2.45, 2.75) is 26.7 Å². The quantitative estimate of drug-likeness (QED) is 0.632. The number of rotatable bonds is 7. The number of amides is 1. The van der Waals surface area contributed by atoms with Crippen LogP contribution < -0.4 is 10.1 Å². The average Bonchev–Trinajstić information content (AvgIpc) is 3.09. The molecule has 0 saturated heterocycles. The normalized spacial score (nSPS) is 10.7. The van der Waals surface area contributed by atoms with Gasteiger partial charge in [0.25, 0.3) is 5.91 Å². The van der Waals surface area contributed by atoms with E-state index in [-0.39, 0.29) is 5.91 Å². The summed E-state index contributed by atoms with van der Waals surface area (Å²) in [5.74, 6) is 0.715. The van der Waals surface area contributed by atoms with Gasteiger partial charge in [-0.25, -0.2) is 0 Å². The van der Waals surface area contributed by atoms with Gasteiger partial charge in [-0.1, -0.05) is 24.3 Å². The van der Waals surface area contributed by atoms with E-state index in [4.69, 9.17) is 4.74 Å². The molecule has 0 aliphatic rings. The first kappa shape index (κ1) is 19.7. The van der Waals surface area contributed by atoms with Crippen LogP contribution in [0.1, 0.15) is 33.6 Å². The molecule has 0 unspecified atom stereocenters. The number of nitrogens with one attached hydrogen (secondary N) is 1. The molecule has 0 aliphatic heterocycles. The molecule has 0 bridgehead atoms. The fourth-order valence-corrected chi connectivity index (χ4v) is 3.13. The van der Waals surface area contributed by atoms with Crippen LogP contribution in [0.15, 0.2) is 48.5 Å². The topological polar surface area (TPSA) is 56.1 Å². The number of ether oxygens (including phenoxy) is 1. The monoisotopic (exact) mass is 377 g/mol. The third kappa shape index (κ3) is 4.60. The molecule has 0 aliphatic carbocycles. The van der Waals surface area contributed by atoms with Gasteiger partial charge >= 0.3 is 0 Å². The van der Waals surface area contributed by atoms with Gasteiger partial charge in [0, 0.05) is 19.2 Å². The molecule has 0 radical (unpaired) electrons. The lowest BCUT2D eigenvalue weighted by atomic mass is 10.0. The molecule has 0 atom stereocenters. The van der Waals surface area contributed by atoms with Crippen LogP contribution in [0.5, 0.6) is 5.75 Å². The van der Waals surface area contributed by atoms with Crippen LogP contribution in [0, 0.1) is 13.8 Å². The first-order valence-corrected chi connectivity index (χ1v) is 9.50. The van der Waals surface area contributed by atoms with Crippen molar-refractivity contribution < 1.29 is 9.53 Å². The molecule has 5 nitrogen and oxygen atoms in total. The van der Waals surface area contributed by atoms with Gasteiger partial charge in [-0.3, -0.25) is 9.48 Å². The standard InChI is InChI=1S/C23H27N3O2/c1-16-7-10-19(14-17(16)2)22-15-21(25-26(22)3)23(27)24-13-5-6-18-8-11-20(28-4)12-9-18/h7-12,14-15H,5-6,13H2,1-4H3,(H,24,27). The summed E-state index contributed by atoms with van der Waals surface area (Å²) in [6.07, 6.45) is 1.77. The molecule has 0 spiro atoms. The van der Waals surface area contributed by atoms with Gasteiger partial charge in [0.2, 0.25) is 0 Å². The summed E-state index contributed by atoms with van der Waals surface area (Å²) in [6.45, 7) is 4.79. The maximum atomic E-state index is 12.5. The van der Waals surface area contributed by atoms with Crippen molar-refractivity contribution in [1.29, 1.82) is 0 Å². The molecule has 3 aromatic rings. The Morgan fingerprint density at radius 3 is 2.50 bits per heavy atom. The SMILES string of the molecule is COc1ccc(CCCNC(=O)c2cc(-c3ccc(C)c(C)c3)n(C)n2)cc1. The number of aromatic nitrogens is 2. The Morgan fingerprint density at radius 1 is 1.07 bits per heavy atom. The van der Waals surface area contributed by atoms with Gasteiger partial charge in [-0.15, -0.1) is 0 Å². The summed E-state index contributed by atoms with van der Waals surface area (Å²) < 4.78 is 6.93. The number of hydrogen-bond acceptors (Lipinski definition) is 3. The minimum Gasteiger partial charge on any atom is -0.497 e. The van der Waals surface area contributed by atoms with Gasteiger partial charge in [0.05, 0.1) is 12.8 Å². The van der Waals surface area contributed by atoms with Gasteiger partial charge < -0.3 is 10.1 Å². The maximum Gasteiger partial charge on any atom is 0.271 e. The van der Waals surface area contributed by atoms with Crippen LogP contribution in [-0.2, 0) is 13.5 Å². The summed E-state index contributed by atoms with van der Waals surface area (Å²) in [7, 11) is 3.53. The van der Waals surface area contributed by atoms with Crippen molar-refractivity contribution in [3.8, 4) is 17.0 Å². The summed E-state index contributed by atoms with van der Waals surface area (Å²) in [5, 5.41) is 7.35. The van der Waals surface area contributed by atoms with E-state index >= 15 is 0 Å². The lowest BCUT2D eigenvalue weighted by Gasteiger charge is -2.05. The van der Waals surface area contributed by atoms with Crippen molar-refractivity contribution >= 4 is 5.91 Å². The molecule has 146 valence electrons. The van der Waals surface area contributed by atoms with Crippen LogP contribution in [0.25, 0.3) is 11.3 Å². The molecule has 1 amide bonds. The summed E-state index contributed by atoms with van der Waals surface area (Å²) >= 11 is 0. The fraction of sp³-hybridized carbons (Fsp3) is 0.304. The second-order valence-electron chi connectivity index (χ2n) is 7.04. The number of nitrogens with zero attached hydrogens (tertiary/aromatic N) is 2. The molecular formula is C23H27N3O2. The highest BCUT2D eigenvalue weighted by molar-refractivity contribution is 5.93. The largest absolute Gasteiger partial charge is 0.497 e. The minimum atomic E-state index is -0.139. The van der Waals surface area contributed by atoms with Gasteiger partial charge in [-0.05, 0) is 67.6 Å². The van der Waals surface area contributed by atoms with E-state index in [2.05, 4.69) is 54.6 Å². The highest BCUT2D eigenvalue weighted by Crippen LogP contribution is 2.22. The third-order valence-electron chi connectivity index (χ3n) is 5.00. The molecule has 1 N–H and O–H groups in total. The van der Waals surface area contributed by atoms with Crippen LogP contribution in [0.4, 0.5) is 0 Å². The van der Waals surface area contributed by atoms with Crippen LogP contribution >= 0.6 is 0 Å². The van der Waals surface area contributed by atoms with Crippen molar-refractivity contribution in [2.75, 3.05) is 13.7 Å². The van der Waals surface area contributed by atoms with Crippen LogP contribution in [-0.4, -0.2) is 29.3 Å². The first-order chi connectivity index (χ1) is 13.5. The second kappa shape index (κ2) is 8.74. The Hall–Kier alpha value is -3.08. The Balaban J connectivity index is 1.56. The predicted molar refractivity (Wildman–Crippen MR) is 112 cm³/mol. The molecule has 5 heteroatoms. The molecule has 2 aromatic carbocycles. The molecule has 3 rings (SSSR count). The van der Waals surface area contributed by atoms with E-state index < -0.39 is 0 Å². The highest BCUT2D eigenvalue weighted by atomic mass is 16.5. The van der Waals surface area contributed by atoms with Crippen molar-refractivity contribution in [3.05, 3.63) is 70.9 Å². The zero-order valence-electron chi connectivity index (χ0n) is 17.0. The number of hydrogen-bond donors (Lipinski definition) is 1. The van der Waals surface area contributed by atoms with Crippen LogP contribution in [0.2, 0.25) is 0 Å². The number of methoxy groups -OCH3 is 1. The van der Waals surface area contributed by atoms with Gasteiger partial charge in [0.15, 0.2) is 5.69 Å². The third-order valence-corrected chi connectivity index (χ3v) is 5.00. The minimum absolute atomic E-state index is 0.139. The molecule has 0 fully saturated rings. The number of aryl methyl sites for hydroxylation is 4. The average molecular weight is 377 g/mol. The number of carbonyl (C=O) groups excluding carboxylic acids is 1. The van der Waals surface area contributed by atoms with E-state index in [1.165, 1.54) is 16.7 Å². The summed E-state index contributed by atoms with van der Waals surface area (Å²) in [4.78, 5) is 12.5. The Bertz CT molecular complexity index is 958. The number of benzene rings is 2. The maximum absolute atomic E-state index is 12.5.